The maximum absolute atomic E-state index is 11.4. The molecule has 1 aliphatic rings. The molecule has 5 rings (SSSR count). The van der Waals surface area contributed by atoms with Gasteiger partial charge in [-0.3, -0.25) is 9.20 Å². The summed E-state index contributed by atoms with van der Waals surface area (Å²) in [6.45, 7) is 5.50. The lowest BCUT2D eigenvalue weighted by molar-refractivity contribution is -0.121. The summed E-state index contributed by atoms with van der Waals surface area (Å²) in [7, 11) is 1.60. The Morgan fingerprint density at radius 2 is 2.10 bits per heavy atom. The smallest absolute Gasteiger partial charge is 0.228 e. The lowest BCUT2D eigenvalue weighted by Gasteiger charge is -2.45. The number of nitrogens with zero attached hydrogens (tertiary/aromatic N) is 5. The predicted octanol–water partition coefficient (Wildman–Crippen LogP) is 2.45. The Bertz CT molecular complexity index is 1300. The molecule has 160 valence electrons. The second-order valence-corrected chi connectivity index (χ2v) is 8.37. The second-order valence-electron chi connectivity index (χ2n) is 8.37. The number of ether oxygens (including phenoxy) is 1. The van der Waals surface area contributed by atoms with E-state index in [1.165, 1.54) is 0 Å². The number of rotatable bonds is 5. The van der Waals surface area contributed by atoms with Crippen LogP contribution in [0.15, 0.2) is 24.5 Å². The quantitative estimate of drug-likeness (QED) is 0.453. The van der Waals surface area contributed by atoms with Gasteiger partial charge < -0.3 is 20.4 Å². The van der Waals surface area contributed by atoms with Crippen LogP contribution in [0.2, 0.25) is 0 Å². The summed E-state index contributed by atoms with van der Waals surface area (Å²) in [5.74, 6) is 1.79. The average molecular weight is 420 g/mol. The highest BCUT2D eigenvalue weighted by atomic mass is 16.5. The highest BCUT2D eigenvalue weighted by molar-refractivity contribution is 5.97. The van der Waals surface area contributed by atoms with E-state index < -0.39 is 0 Å². The molecule has 0 bridgehead atoms. The van der Waals surface area contributed by atoms with Gasteiger partial charge in [-0.25, -0.2) is 0 Å². The largest absolute Gasteiger partial charge is 0.480 e. The molecular formula is C21H24N8O2. The molecule has 0 unspecified atom stereocenters. The van der Waals surface area contributed by atoms with Gasteiger partial charge in [0.2, 0.25) is 17.7 Å². The van der Waals surface area contributed by atoms with Gasteiger partial charge in [0, 0.05) is 42.0 Å². The summed E-state index contributed by atoms with van der Waals surface area (Å²) >= 11 is 0. The van der Waals surface area contributed by atoms with Gasteiger partial charge in [0.05, 0.1) is 12.5 Å². The molecule has 1 saturated carbocycles. The molecule has 0 aromatic carbocycles. The SMILES string of the molecule is COc1nc(N[C@H]2C[C@](C)(NC(C)=O)C2)nc2[nH]cc(-c3ccc4nnc(C)n4c3)c12. The van der Waals surface area contributed by atoms with E-state index in [-0.39, 0.29) is 17.5 Å². The Labute approximate surface area is 178 Å². The van der Waals surface area contributed by atoms with Crippen LogP contribution < -0.4 is 15.4 Å². The van der Waals surface area contributed by atoms with E-state index in [1.54, 1.807) is 14.0 Å². The molecule has 3 N–H and O–H groups in total. The van der Waals surface area contributed by atoms with Crippen LogP contribution >= 0.6 is 0 Å². The summed E-state index contributed by atoms with van der Waals surface area (Å²) in [5.41, 5.74) is 3.22. The van der Waals surface area contributed by atoms with E-state index >= 15 is 0 Å². The normalized spacial score (nSPS) is 20.6. The molecule has 0 atom stereocenters. The minimum Gasteiger partial charge on any atom is -0.480 e. The third kappa shape index (κ3) is 3.33. The van der Waals surface area contributed by atoms with Gasteiger partial charge in [-0.2, -0.15) is 9.97 Å². The summed E-state index contributed by atoms with van der Waals surface area (Å²) in [6.07, 6.45) is 5.52. The summed E-state index contributed by atoms with van der Waals surface area (Å²) in [6, 6.07) is 4.11. The Morgan fingerprint density at radius 1 is 1.29 bits per heavy atom. The van der Waals surface area contributed by atoms with Crippen molar-refractivity contribution < 1.29 is 9.53 Å². The second kappa shape index (κ2) is 6.93. The standard InChI is InChI=1S/C21H24N8O2/c1-11-27-28-16-6-5-13(10-29(11)16)15-9-22-18-17(15)19(31-4)25-20(24-18)23-14-7-21(3,8-14)26-12(2)30/h5-6,9-10,14H,7-8H2,1-4H3,(H,26,30)(H2,22,23,24,25)/t14-,21-. The van der Waals surface area contributed by atoms with Gasteiger partial charge in [-0.05, 0) is 38.8 Å². The number of aromatic nitrogens is 6. The zero-order valence-corrected chi connectivity index (χ0v) is 17.9. The number of aryl methyl sites for hydroxylation is 1. The number of nitrogens with one attached hydrogen (secondary N) is 3. The third-order valence-corrected chi connectivity index (χ3v) is 5.78. The van der Waals surface area contributed by atoms with E-state index in [4.69, 9.17) is 4.74 Å². The molecular weight excluding hydrogens is 396 g/mol. The lowest BCUT2D eigenvalue weighted by atomic mass is 9.74. The van der Waals surface area contributed by atoms with Gasteiger partial charge in [-0.15, -0.1) is 10.2 Å². The molecule has 1 fully saturated rings. The van der Waals surface area contributed by atoms with Crippen molar-refractivity contribution in [3.63, 3.8) is 0 Å². The third-order valence-electron chi connectivity index (χ3n) is 5.78. The van der Waals surface area contributed by atoms with Crippen LogP contribution in [0.4, 0.5) is 5.95 Å². The number of anilines is 1. The first-order chi connectivity index (χ1) is 14.8. The molecule has 0 radical (unpaired) electrons. The van der Waals surface area contributed by atoms with Crippen LogP contribution in [0.5, 0.6) is 5.88 Å². The van der Waals surface area contributed by atoms with Gasteiger partial charge in [0.15, 0.2) is 5.65 Å². The number of pyridine rings is 1. The van der Waals surface area contributed by atoms with Gasteiger partial charge in [0.25, 0.3) is 0 Å². The Kier molecular flexibility index (Phi) is 4.31. The number of methoxy groups -OCH3 is 1. The van der Waals surface area contributed by atoms with Crippen LogP contribution in [0, 0.1) is 6.92 Å². The fourth-order valence-electron chi connectivity index (χ4n) is 4.44. The van der Waals surface area contributed by atoms with E-state index in [9.17, 15) is 4.79 Å². The number of aromatic amines is 1. The molecule has 4 aromatic heterocycles. The first-order valence-corrected chi connectivity index (χ1v) is 10.2. The molecule has 0 saturated heterocycles. The molecule has 4 heterocycles. The lowest BCUT2D eigenvalue weighted by Crippen LogP contribution is -2.59. The number of hydrogen-bond acceptors (Lipinski definition) is 7. The molecule has 0 aliphatic heterocycles. The number of fused-ring (bicyclic) bond motifs is 2. The number of hydrogen-bond donors (Lipinski definition) is 3. The number of H-pyrrole nitrogens is 1. The van der Waals surface area contributed by atoms with Crippen molar-refractivity contribution in [2.24, 2.45) is 0 Å². The first-order valence-electron chi connectivity index (χ1n) is 10.2. The number of carbonyl (C=O) groups excluding carboxylic acids is 1. The highest BCUT2D eigenvalue weighted by Gasteiger charge is 2.41. The van der Waals surface area contributed by atoms with E-state index in [0.29, 0.717) is 17.5 Å². The van der Waals surface area contributed by atoms with E-state index in [0.717, 1.165) is 40.8 Å². The van der Waals surface area contributed by atoms with Gasteiger partial charge in [-0.1, -0.05) is 0 Å². The summed E-state index contributed by atoms with van der Waals surface area (Å²) < 4.78 is 7.56. The fourth-order valence-corrected chi connectivity index (χ4v) is 4.44. The first kappa shape index (κ1) is 19.3. The van der Waals surface area contributed by atoms with Gasteiger partial charge >= 0.3 is 0 Å². The molecule has 10 heteroatoms. The molecule has 4 aromatic rings. The molecule has 31 heavy (non-hydrogen) atoms. The Morgan fingerprint density at radius 3 is 2.84 bits per heavy atom. The monoisotopic (exact) mass is 420 g/mol. The fraction of sp³-hybridized carbons (Fsp3) is 0.381. The predicted molar refractivity (Wildman–Crippen MR) is 116 cm³/mol. The minimum absolute atomic E-state index is 0.0148. The van der Waals surface area contributed by atoms with Crippen LogP contribution in [0.1, 0.15) is 32.5 Å². The van der Waals surface area contributed by atoms with Gasteiger partial charge in [0.1, 0.15) is 11.5 Å². The van der Waals surface area contributed by atoms with Crippen LogP contribution in [0.3, 0.4) is 0 Å². The Hall–Kier alpha value is -3.69. The van der Waals surface area contributed by atoms with Crippen LogP contribution in [-0.2, 0) is 4.79 Å². The highest BCUT2D eigenvalue weighted by Crippen LogP contribution is 2.37. The van der Waals surface area contributed by atoms with Crippen molar-refractivity contribution in [1.29, 1.82) is 0 Å². The minimum atomic E-state index is -0.184. The van der Waals surface area contributed by atoms with Crippen molar-refractivity contribution in [3.05, 3.63) is 30.4 Å². The average Bonchev–Trinajstić information content (AvgIpc) is 3.29. The van der Waals surface area contributed by atoms with Crippen molar-refractivity contribution in [3.8, 4) is 17.0 Å². The zero-order valence-electron chi connectivity index (χ0n) is 17.9. The van der Waals surface area contributed by atoms with Crippen molar-refractivity contribution in [2.45, 2.75) is 45.2 Å². The van der Waals surface area contributed by atoms with E-state index in [2.05, 4.69) is 35.8 Å². The van der Waals surface area contributed by atoms with E-state index in [1.807, 2.05) is 42.8 Å². The van der Waals surface area contributed by atoms with Crippen molar-refractivity contribution in [1.82, 2.24) is 34.9 Å². The maximum atomic E-state index is 11.4. The summed E-state index contributed by atoms with van der Waals surface area (Å²) in [4.78, 5) is 23.8. The maximum Gasteiger partial charge on any atom is 0.228 e. The summed E-state index contributed by atoms with van der Waals surface area (Å²) in [5, 5.41) is 15.4. The van der Waals surface area contributed by atoms with Crippen LogP contribution in [0.25, 0.3) is 27.8 Å². The molecule has 1 aliphatic carbocycles. The molecule has 0 spiro atoms. The molecule has 10 nitrogen and oxygen atoms in total. The van der Waals surface area contributed by atoms with Crippen LogP contribution in [-0.4, -0.2) is 54.1 Å². The topological polar surface area (TPSA) is 122 Å². The van der Waals surface area contributed by atoms with Crippen molar-refractivity contribution in [2.75, 3.05) is 12.4 Å². The zero-order chi connectivity index (χ0) is 21.8. The Balaban J connectivity index is 1.45. The molecule has 1 amide bonds. The van der Waals surface area contributed by atoms with Crippen molar-refractivity contribution >= 4 is 28.5 Å². The number of amides is 1. The number of carbonyl (C=O) groups is 1.